The van der Waals surface area contributed by atoms with Gasteiger partial charge in [-0.3, -0.25) is 4.98 Å². The van der Waals surface area contributed by atoms with Gasteiger partial charge in [-0.2, -0.15) is 0 Å². The number of hydrogen-bond donors (Lipinski definition) is 1. The molecular formula is C27H25N5O. The Morgan fingerprint density at radius 2 is 1.79 bits per heavy atom. The maximum atomic E-state index is 5.75. The van der Waals surface area contributed by atoms with Crippen LogP contribution >= 0.6 is 0 Å². The molecule has 5 aromatic rings. The van der Waals surface area contributed by atoms with E-state index in [1.807, 2.05) is 48.7 Å². The highest BCUT2D eigenvalue weighted by Gasteiger charge is 2.17. The molecule has 0 amide bonds. The molecule has 6 heteroatoms. The molecule has 5 rings (SSSR count). The van der Waals surface area contributed by atoms with Crippen molar-refractivity contribution in [1.82, 2.24) is 19.5 Å². The number of nitrogens with zero attached hydrogens (tertiary/aromatic N) is 4. The molecule has 0 spiro atoms. The summed E-state index contributed by atoms with van der Waals surface area (Å²) in [4.78, 5) is 13.5. The summed E-state index contributed by atoms with van der Waals surface area (Å²) in [5, 5.41) is 4.47. The maximum absolute atomic E-state index is 5.75. The van der Waals surface area contributed by atoms with Crippen LogP contribution in [0.2, 0.25) is 0 Å². The minimum absolute atomic E-state index is 0.628. The smallest absolute Gasteiger partial charge is 0.150 e. The van der Waals surface area contributed by atoms with E-state index in [0.29, 0.717) is 13.2 Å². The predicted octanol–water partition coefficient (Wildman–Crippen LogP) is 5.88. The Morgan fingerprint density at radius 1 is 0.939 bits per heavy atom. The fourth-order valence-corrected chi connectivity index (χ4v) is 3.84. The van der Waals surface area contributed by atoms with Crippen LogP contribution in [0.5, 0.6) is 5.75 Å². The lowest BCUT2D eigenvalue weighted by Gasteiger charge is -2.09. The Kier molecular flexibility index (Phi) is 5.97. The van der Waals surface area contributed by atoms with E-state index in [2.05, 4.69) is 62.2 Å². The molecule has 2 aromatic carbocycles. The molecule has 3 aromatic heterocycles. The van der Waals surface area contributed by atoms with Crippen LogP contribution in [0.25, 0.3) is 27.8 Å². The second-order valence-electron chi connectivity index (χ2n) is 7.76. The zero-order valence-corrected chi connectivity index (χ0v) is 18.5. The Hall–Kier alpha value is -4.19. The number of rotatable bonds is 8. The molecule has 0 aliphatic heterocycles. The second kappa shape index (κ2) is 9.53. The van der Waals surface area contributed by atoms with Gasteiger partial charge in [0.1, 0.15) is 17.9 Å². The van der Waals surface area contributed by atoms with E-state index >= 15 is 0 Å². The van der Waals surface area contributed by atoms with Crippen LogP contribution in [0.3, 0.4) is 0 Å². The summed E-state index contributed by atoms with van der Waals surface area (Å²) < 4.78 is 7.86. The molecule has 0 aliphatic rings. The third-order valence-electron chi connectivity index (χ3n) is 5.44. The first-order valence-electron chi connectivity index (χ1n) is 11.1. The van der Waals surface area contributed by atoms with Crippen LogP contribution in [0.4, 0.5) is 5.82 Å². The normalized spacial score (nSPS) is 10.9. The molecule has 0 radical (unpaired) electrons. The molecule has 1 N–H and O–H groups in total. The van der Waals surface area contributed by atoms with Crippen LogP contribution in [-0.4, -0.2) is 26.1 Å². The van der Waals surface area contributed by atoms with E-state index in [9.17, 15) is 0 Å². The topological polar surface area (TPSA) is 64.9 Å². The van der Waals surface area contributed by atoms with E-state index in [-0.39, 0.29) is 0 Å². The van der Waals surface area contributed by atoms with Gasteiger partial charge >= 0.3 is 0 Å². The van der Waals surface area contributed by atoms with Gasteiger partial charge in [0.25, 0.3) is 0 Å². The maximum Gasteiger partial charge on any atom is 0.150 e. The SMILES string of the molecule is CCCOc1ccc(-n2cc(-c3ccccc3)c3c(NCc4cccnc4)ncnc32)cc1. The molecule has 0 saturated carbocycles. The summed E-state index contributed by atoms with van der Waals surface area (Å²) in [6, 6.07) is 22.4. The first-order valence-corrected chi connectivity index (χ1v) is 11.1. The third-order valence-corrected chi connectivity index (χ3v) is 5.44. The fraction of sp³-hybridized carbons (Fsp3) is 0.148. The standard InChI is InChI=1S/C27H25N5O/c1-2-15-33-23-12-10-22(11-13-23)32-18-24(21-8-4-3-5-9-21)25-26(30-19-31-27(25)32)29-17-20-7-6-14-28-16-20/h3-14,16,18-19H,2,15,17H2,1H3,(H,29,30,31). The van der Waals surface area contributed by atoms with E-state index in [1.165, 1.54) is 0 Å². The van der Waals surface area contributed by atoms with Crippen molar-refractivity contribution in [2.45, 2.75) is 19.9 Å². The fourth-order valence-electron chi connectivity index (χ4n) is 3.84. The molecular weight excluding hydrogens is 410 g/mol. The summed E-state index contributed by atoms with van der Waals surface area (Å²) in [6.07, 6.45) is 8.36. The molecule has 0 fully saturated rings. The minimum Gasteiger partial charge on any atom is -0.494 e. The molecule has 3 heterocycles. The van der Waals surface area contributed by atoms with Gasteiger partial charge in [0.2, 0.25) is 0 Å². The van der Waals surface area contributed by atoms with E-state index in [4.69, 9.17) is 4.74 Å². The van der Waals surface area contributed by atoms with Crippen molar-refractivity contribution in [2.75, 3.05) is 11.9 Å². The third kappa shape index (κ3) is 4.41. The van der Waals surface area contributed by atoms with Gasteiger partial charge in [0, 0.05) is 36.4 Å². The number of nitrogens with one attached hydrogen (secondary N) is 1. The van der Waals surface area contributed by atoms with Gasteiger partial charge in [-0.25, -0.2) is 9.97 Å². The first kappa shape index (κ1) is 20.7. The van der Waals surface area contributed by atoms with Crippen molar-refractivity contribution in [2.24, 2.45) is 0 Å². The number of benzene rings is 2. The first-order chi connectivity index (χ1) is 16.3. The summed E-state index contributed by atoms with van der Waals surface area (Å²) in [5.41, 5.74) is 5.14. The van der Waals surface area contributed by atoms with Crippen LogP contribution in [0, 0.1) is 0 Å². The van der Waals surface area contributed by atoms with E-state index in [0.717, 1.165) is 51.4 Å². The van der Waals surface area contributed by atoms with Crippen LogP contribution < -0.4 is 10.1 Å². The monoisotopic (exact) mass is 435 g/mol. The van der Waals surface area contributed by atoms with Gasteiger partial charge in [0.15, 0.2) is 5.65 Å². The number of ether oxygens (including phenoxy) is 1. The zero-order chi connectivity index (χ0) is 22.5. The molecule has 6 nitrogen and oxygen atoms in total. The second-order valence-corrected chi connectivity index (χ2v) is 7.76. The molecule has 164 valence electrons. The predicted molar refractivity (Wildman–Crippen MR) is 132 cm³/mol. The van der Waals surface area contributed by atoms with Gasteiger partial charge in [0.05, 0.1) is 12.0 Å². The highest BCUT2D eigenvalue weighted by Crippen LogP contribution is 2.35. The molecule has 0 unspecified atom stereocenters. The Labute approximate surface area is 192 Å². The zero-order valence-electron chi connectivity index (χ0n) is 18.5. The van der Waals surface area contributed by atoms with Crippen LogP contribution in [-0.2, 0) is 6.54 Å². The Morgan fingerprint density at radius 3 is 2.55 bits per heavy atom. The minimum atomic E-state index is 0.628. The van der Waals surface area contributed by atoms with Crippen molar-refractivity contribution in [3.8, 4) is 22.6 Å². The highest BCUT2D eigenvalue weighted by molar-refractivity contribution is 6.02. The molecule has 0 saturated heterocycles. The molecule has 0 atom stereocenters. The van der Waals surface area contributed by atoms with Crippen molar-refractivity contribution >= 4 is 16.9 Å². The largest absolute Gasteiger partial charge is 0.494 e. The summed E-state index contributed by atoms with van der Waals surface area (Å²) in [7, 11) is 0. The van der Waals surface area contributed by atoms with Gasteiger partial charge in [-0.05, 0) is 47.9 Å². The van der Waals surface area contributed by atoms with E-state index in [1.54, 1.807) is 12.5 Å². The summed E-state index contributed by atoms with van der Waals surface area (Å²) in [6.45, 7) is 3.44. The lowest BCUT2D eigenvalue weighted by molar-refractivity contribution is 0.317. The Balaban J connectivity index is 1.59. The van der Waals surface area contributed by atoms with Crippen molar-refractivity contribution in [1.29, 1.82) is 0 Å². The van der Waals surface area contributed by atoms with Crippen LogP contribution in [0.15, 0.2) is 91.6 Å². The Bertz CT molecular complexity index is 1330. The number of anilines is 1. The average Bonchev–Trinajstić information content (AvgIpc) is 3.28. The molecule has 33 heavy (non-hydrogen) atoms. The number of hydrogen-bond acceptors (Lipinski definition) is 5. The van der Waals surface area contributed by atoms with Gasteiger partial charge < -0.3 is 14.6 Å². The quantitative estimate of drug-likeness (QED) is 0.330. The molecule has 0 bridgehead atoms. The van der Waals surface area contributed by atoms with Crippen molar-refractivity contribution < 1.29 is 4.74 Å². The van der Waals surface area contributed by atoms with Gasteiger partial charge in [-0.1, -0.05) is 43.3 Å². The molecule has 0 aliphatic carbocycles. The summed E-state index contributed by atoms with van der Waals surface area (Å²) >= 11 is 0. The van der Waals surface area contributed by atoms with Gasteiger partial charge in [-0.15, -0.1) is 0 Å². The number of pyridine rings is 1. The lowest BCUT2D eigenvalue weighted by atomic mass is 10.1. The van der Waals surface area contributed by atoms with Crippen molar-refractivity contribution in [3.05, 3.63) is 97.2 Å². The number of fused-ring (bicyclic) bond motifs is 1. The summed E-state index contributed by atoms with van der Waals surface area (Å²) in [5.74, 6) is 1.66. The highest BCUT2D eigenvalue weighted by atomic mass is 16.5. The number of aromatic nitrogens is 4. The van der Waals surface area contributed by atoms with Crippen LogP contribution in [0.1, 0.15) is 18.9 Å². The van der Waals surface area contributed by atoms with E-state index < -0.39 is 0 Å². The van der Waals surface area contributed by atoms with Crippen molar-refractivity contribution in [3.63, 3.8) is 0 Å². The lowest BCUT2D eigenvalue weighted by Crippen LogP contribution is -2.03. The average molecular weight is 436 g/mol.